The van der Waals surface area contributed by atoms with Crippen LogP contribution in [0, 0.1) is 0 Å². The molecule has 5 nitrogen and oxygen atoms in total. The van der Waals surface area contributed by atoms with E-state index in [-0.39, 0.29) is 0 Å². The zero-order valence-corrected chi connectivity index (χ0v) is 10.8. The van der Waals surface area contributed by atoms with Crippen molar-refractivity contribution in [1.82, 2.24) is 14.7 Å². The molecule has 100 valence electrons. The minimum absolute atomic E-state index is 0.496. The van der Waals surface area contributed by atoms with E-state index in [1.54, 1.807) is 0 Å². The molecule has 3 aromatic rings. The summed E-state index contributed by atoms with van der Waals surface area (Å²) in [5.74, 6) is 1.93. The fraction of sp³-hybridized carbons (Fsp3) is 0.267. The van der Waals surface area contributed by atoms with Gasteiger partial charge < -0.3 is 9.09 Å². The van der Waals surface area contributed by atoms with Crippen LogP contribution >= 0.6 is 0 Å². The lowest BCUT2D eigenvalue weighted by Crippen LogP contribution is -1.98. The van der Waals surface area contributed by atoms with Crippen molar-refractivity contribution in [3.05, 3.63) is 47.7 Å². The molecule has 2 heterocycles. The standard InChI is InChI=1S/C15H13N3O2/c19-9-10-1-2-11-5-6-18(13(11)7-10)8-14-16-15(17-20-14)12-3-4-12/h1-2,5-7,9,12H,3-4,8H2. The molecule has 0 saturated heterocycles. The number of aldehydes is 1. The van der Waals surface area contributed by atoms with Crippen molar-refractivity contribution in [2.24, 2.45) is 0 Å². The summed E-state index contributed by atoms with van der Waals surface area (Å²) in [6.07, 6.45) is 5.15. The molecule has 20 heavy (non-hydrogen) atoms. The normalized spacial score (nSPS) is 14.8. The summed E-state index contributed by atoms with van der Waals surface area (Å²) in [7, 11) is 0. The number of aromatic nitrogens is 3. The van der Waals surface area contributed by atoms with Gasteiger partial charge in [-0.05, 0) is 30.4 Å². The third-order valence-electron chi connectivity index (χ3n) is 3.67. The van der Waals surface area contributed by atoms with Gasteiger partial charge in [0, 0.05) is 23.2 Å². The fourth-order valence-corrected chi connectivity index (χ4v) is 2.40. The molecular formula is C15H13N3O2. The van der Waals surface area contributed by atoms with Gasteiger partial charge in [-0.15, -0.1) is 0 Å². The lowest BCUT2D eigenvalue weighted by molar-refractivity contribution is 0.112. The molecule has 0 amide bonds. The van der Waals surface area contributed by atoms with Crippen LogP contribution in [-0.4, -0.2) is 21.0 Å². The first-order valence-electron chi connectivity index (χ1n) is 6.70. The quantitative estimate of drug-likeness (QED) is 0.682. The summed E-state index contributed by atoms with van der Waals surface area (Å²) in [5.41, 5.74) is 1.67. The predicted octanol–water partition coefficient (Wildman–Crippen LogP) is 2.76. The van der Waals surface area contributed by atoms with Crippen molar-refractivity contribution in [2.75, 3.05) is 0 Å². The topological polar surface area (TPSA) is 60.9 Å². The second-order valence-electron chi connectivity index (χ2n) is 5.20. The summed E-state index contributed by atoms with van der Waals surface area (Å²) < 4.78 is 7.31. The predicted molar refractivity (Wildman–Crippen MR) is 72.7 cm³/mol. The number of carbonyl (C=O) groups is 1. The molecule has 0 atom stereocenters. The average Bonchev–Trinajstić information content (AvgIpc) is 3.11. The van der Waals surface area contributed by atoms with Gasteiger partial charge in [0.05, 0.1) is 0 Å². The first-order valence-corrected chi connectivity index (χ1v) is 6.70. The molecular weight excluding hydrogens is 254 g/mol. The van der Waals surface area contributed by atoms with E-state index >= 15 is 0 Å². The van der Waals surface area contributed by atoms with Gasteiger partial charge in [-0.25, -0.2) is 0 Å². The van der Waals surface area contributed by atoms with Crippen molar-refractivity contribution in [3.63, 3.8) is 0 Å². The molecule has 1 aliphatic rings. The Kier molecular flexibility index (Phi) is 2.45. The molecule has 0 radical (unpaired) electrons. The molecule has 2 aromatic heterocycles. The van der Waals surface area contributed by atoms with Gasteiger partial charge in [0.15, 0.2) is 5.82 Å². The molecule has 4 rings (SSSR count). The molecule has 1 aliphatic carbocycles. The molecule has 0 bridgehead atoms. The Labute approximate surface area is 115 Å². The number of hydrogen-bond acceptors (Lipinski definition) is 4. The van der Waals surface area contributed by atoms with Crippen LogP contribution in [0.25, 0.3) is 10.9 Å². The van der Waals surface area contributed by atoms with Crippen molar-refractivity contribution >= 4 is 17.2 Å². The summed E-state index contributed by atoms with van der Waals surface area (Å²) in [6.45, 7) is 0.533. The molecule has 5 heteroatoms. The average molecular weight is 267 g/mol. The van der Waals surface area contributed by atoms with Crippen molar-refractivity contribution in [2.45, 2.75) is 25.3 Å². The number of hydrogen-bond donors (Lipinski definition) is 0. The molecule has 0 unspecified atom stereocenters. The van der Waals surface area contributed by atoms with Gasteiger partial charge in [-0.1, -0.05) is 17.3 Å². The van der Waals surface area contributed by atoms with Crippen LogP contribution in [0.15, 0.2) is 35.0 Å². The van der Waals surface area contributed by atoms with E-state index in [2.05, 4.69) is 10.1 Å². The second-order valence-corrected chi connectivity index (χ2v) is 5.20. The van der Waals surface area contributed by atoms with Crippen LogP contribution in [0.2, 0.25) is 0 Å². The summed E-state index contributed by atoms with van der Waals surface area (Å²) >= 11 is 0. The molecule has 1 saturated carbocycles. The smallest absolute Gasteiger partial charge is 0.246 e. The Hall–Kier alpha value is -2.43. The van der Waals surface area contributed by atoms with E-state index in [0.29, 0.717) is 23.9 Å². The monoisotopic (exact) mass is 267 g/mol. The third-order valence-corrected chi connectivity index (χ3v) is 3.67. The minimum Gasteiger partial charge on any atom is -0.338 e. The Morgan fingerprint density at radius 2 is 2.25 bits per heavy atom. The van der Waals surface area contributed by atoms with Crippen molar-refractivity contribution < 1.29 is 9.32 Å². The Morgan fingerprint density at radius 1 is 1.35 bits per heavy atom. The van der Waals surface area contributed by atoms with Crippen LogP contribution < -0.4 is 0 Å². The van der Waals surface area contributed by atoms with E-state index < -0.39 is 0 Å². The highest BCUT2D eigenvalue weighted by Crippen LogP contribution is 2.38. The van der Waals surface area contributed by atoms with Gasteiger partial charge in [-0.3, -0.25) is 4.79 Å². The maximum atomic E-state index is 10.9. The van der Waals surface area contributed by atoms with E-state index in [1.165, 1.54) is 0 Å². The van der Waals surface area contributed by atoms with Crippen LogP contribution in [0.5, 0.6) is 0 Å². The molecule has 0 spiro atoms. The number of nitrogens with zero attached hydrogens (tertiary/aromatic N) is 3. The maximum absolute atomic E-state index is 10.9. The lowest BCUT2D eigenvalue weighted by Gasteiger charge is -2.01. The van der Waals surface area contributed by atoms with Gasteiger partial charge in [0.1, 0.15) is 12.8 Å². The highest BCUT2D eigenvalue weighted by molar-refractivity contribution is 5.87. The highest BCUT2D eigenvalue weighted by atomic mass is 16.5. The molecule has 1 fully saturated rings. The molecule has 0 aliphatic heterocycles. The first kappa shape index (κ1) is 11.4. The zero-order chi connectivity index (χ0) is 13.5. The number of carbonyl (C=O) groups excluding carboxylic acids is 1. The number of benzene rings is 1. The third kappa shape index (κ3) is 1.91. The Morgan fingerprint density at radius 3 is 3.05 bits per heavy atom. The van der Waals surface area contributed by atoms with Gasteiger partial charge in [-0.2, -0.15) is 4.98 Å². The van der Waals surface area contributed by atoms with Crippen LogP contribution in [0.1, 0.15) is 40.8 Å². The van der Waals surface area contributed by atoms with Crippen LogP contribution in [0.4, 0.5) is 0 Å². The number of fused-ring (bicyclic) bond motifs is 1. The zero-order valence-electron chi connectivity index (χ0n) is 10.8. The van der Waals surface area contributed by atoms with Crippen LogP contribution in [0.3, 0.4) is 0 Å². The Balaban J connectivity index is 1.68. The summed E-state index contributed by atoms with van der Waals surface area (Å²) in [4.78, 5) is 15.3. The van der Waals surface area contributed by atoms with E-state index in [0.717, 1.165) is 35.9 Å². The van der Waals surface area contributed by atoms with E-state index in [1.807, 2.05) is 35.0 Å². The van der Waals surface area contributed by atoms with Gasteiger partial charge >= 0.3 is 0 Å². The maximum Gasteiger partial charge on any atom is 0.246 e. The largest absolute Gasteiger partial charge is 0.338 e. The molecule has 1 aromatic carbocycles. The SMILES string of the molecule is O=Cc1ccc2ccn(Cc3nc(C4CC4)no3)c2c1. The molecule has 0 N–H and O–H groups in total. The fourth-order valence-electron chi connectivity index (χ4n) is 2.40. The lowest BCUT2D eigenvalue weighted by atomic mass is 10.2. The summed E-state index contributed by atoms with van der Waals surface area (Å²) in [5, 5.41) is 5.11. The van der Waals surface area contributed by atoms with Crippen molar-refractivity contribution in [3.8, 4) is 0 Å². The summed E-state index contributed by atoms with van der Waals surface area (Å²) in [6, 6.07) is 7.65. The van der Waals surface area contributed by atoms with Gasteiger partial charge in [0.25, 0.3) is 0 Å². The first-order chi connectivity index (χ1) is 9.83. The van der Waals surface area contributed by atoms with Gasteiger partial charge in [0.2, 0.25) is 5.89 Å². The second kappa shape index (κ2) is 4.30. The highest BCUT2D eigenvalue weighted by Gasteiger charge is 2.28. The van der Waals surface area contributed by atoms with E-state index in [4.69, 9.17) is 4.52 Å². The Bertz CT molecular complexity index is 783. The van der Waals surface area contributed by atoms with Crippen LogP contribution in [-0.2, 0) is 6.54 Å². The minimum atomic E-state index is 0.496. The van der Waals surface area contributed by atoms with E-state index in [9.17, 15) is 4.79 Å². The van der Waals surface area contributed by atoms with Crippen molar-refractivity contribution in [1.29, 1.82) is 0 Å². The number of rotatable bonds is 4.